The van der Waals surface area contributed by atoms with Crippen LogP contribution >= 0.6 is 11.3 Å². The molecule has 1 amide bonds. The van der Waals surface area contributed by atoms with Crippen LogP contribution in [0.15, 0.2) is 89.0 Å². The molecular formula is C26H23N3O2S. The van der Waals surface area contributed by atoms with Gasteiger partial charge in [0.15, 0.2) is 4.96 Å². The molecule has 5 nitrogen and oxygen atoms in total. The predicted octanol–water partition coefficient (Wildman–Crippen LogP) is 5.85. The molecule has 0 saturated carbocycles. The summed E-state index contributed by atoms with van der Waals surface area (Å²) in [6.45, 7) is 3.10. The van der Waals surface area contributed by atoms with Crippen molar-refractivity contribution in [3.05, 3.63) is 107 Å². The van der Waals surface area contributed by atoms with Crippen molar-refractivity contribution in [3.8, 4) is 11.3 Å². The van der Waals surface area contributed by atoms with Gasteiger partial charge in [-0.25, -0.2) is 4.98 Å². The molecule has 0 aliphatic rings. The lowest BCUT2D eigenvalue weighted by Crippen LogP contribution is -2.32. The molecule has 160 valence electrons. The van der Waals surface area contributed by atoms with E-state index in [4.69, 9.17) is 9.40 Å². The van der Waals surface area contributed by atoms with Crippen molar-refractivity contribution in [1.29, 1.82) is 0 Å². The van der Waals surface area contributed by atoms with Gasteiger partial charge in [0.2, 0.25) is 0 Å². The maximum atomic E-state index is 13.2. The van der Waals surface area contributed by atoms with Gasteiger partial charge in [0.1, 0.15) is 5.76 Å². The van der Waals surface area contributed by atoms with Crippen molar-refractivity contribution in [3.63, 3.8) is 0 Å². The van der Waals surface area contributed by atoms with Crippen LogP contribution in [0.2, 0.25) is 0 Å². The molecule has 3 heterocycles. The highest BCUT2D eigenvalue weighted by molar-refractivity contribution is 7.15. The Hall–Kier alpha value is -3.64. The Balaban J connectivity index is 1.37. The summed E-state index contributed by atoms with van der Waals surface area (Å²) in [4.78, 5) is 20.8. The zero-order chi connectivity index (χ0) is 21.9. The molecule has 0 radical (unpaired) electrons. The molecule has 2 aromatic carbocycles. The minimum atomic E-state index is -0.000510. The number of aromatic nitrogens is 2. The number of carbonyl (C=O) groups is 1. The zero-order valence-electron chi connectivity index (χ0n) is 17.8. The van der Waals surface area contributed by atoms with Crippen LogP contribution in [0.4, 0.5) is 0 Å². The number of thiazole rings is 1. The van der Waals surface area contributed by atoms with Crippen LogP contribution in [-0.2, 0) is 13.0 Å². The third-order valence-electron chi connectivity index (χ3n) is 5.50. The van der Waals surface area contributed by atoms with Crippen LogP contribution in [0, 0.1) is 6.92 Å². The van der Waals surface area contributed by atoms with E-state index in [9.17, 15) is 4.79 Å². The number of benzene rings is 2. The maximum Gasteiger partial charge on any atom is 0.254 e. The number of amides is 1. The Bertz CT molecular complexity index is 1320. The highest BCUT2D eigenvalue weighted by atomic mass is 32.1. The van der Waals surface area contributed by atoms with Gasteiger partial charge in [-0.05, 0) is 31.2 Å². The molecule has 0 spiro atoms. The molecule has 0 aliphatic heterocycles. The van der Waals surface area contributed by atoms with Crippen molar-refractivity contribution < 1.29 is 9.21 Å². The molecule has 0 aliphatic carbocycles. The van der Waals surface area contributed by atoms with Crippen LogP contribution in [0.3, 0.4) is 0 Å². The Morgan fingerprint density at radius 2 is 1.88 bits per heavy atom. The first-order valence-corrected chi connectivity index (χ1v) is 11.4. The smallest absolute Gasteiger partial charge is 0.254 e. The molecule has 0 saturated heterocycles. The first kappa shape index (κ1) is 20.3. The molecule has 5 rings (SSSR count). The fourth-order valence-corrected chi connectivity index (χ4v) is 4.64. The highest BCUT2D eigenvalue weighted by Gasteiger charge is 2.18. The average Bonchev–Trinajstić information content (AvgIpc) is 3.56. The standard InChI is InChI=1S/C26H23N3O2S/c1-19-9-11-20(12-10-19)24-17-29-22(18-32-26(29)27-24)13-14-28(16-23-8-5-15-31-23)25(30)21-6-3-2-4-7-21/h2-12,15,17-18H,13-14,16H2,1H3. The normalized spacial score (nSPS) is 11.2. The second-order valence-electron chi connectivity index (χ2n) is 7.79. The Morgan fingerprint density at radius 1 is 1.06 bits per heavy atom. The summed E-state index contributed by atoms with van der Waals surface area (Å²) < 4.78 is 7.65. The van der Waals surface area contributed by atoms with Crippen molar-refractivity contribution in [2.24, 2.45) is 0 Å². The summed E-state index contributed by atoms with van der Waals surface area (Å²) in [5, 5.41) is 2.12. The molecule has 32 heavy (non-hydrogen) atoms. The number of hydrogen-bond acceptors (Lipinski definition) is 4. The first-order valence-electron chi connectivity index (χ1n) is 10.6. The van der Waals surface area contributed by atoms with Gasteiger partial charge in [0.05, 0.1) is 18.5 Å². The highest BCUT2D eigenvalue weighted by Crippen LogP contribution is 2.24. The van der Waals surface area contributed by atoms with Crippen LogP contribution < -0.4 is 0 Å². The summed E-state index contributed by atoms with van der Waals surface area (Å²) in [5.74, 6) is 0.772. The van der Waals surface area contributed by atoms with Gasteiger partial charge in [-0.3, -0.25) is 9.20 Å². The molecule has 3 aromatic heterocycles. The number of furan rings is 1. The summed E-state index contributed by atoms with van der Waals surface area (Å²) in [6, 6.07) is 21.6. The van der Waals surface area contributed by atoms with Crippen molar-refractivity contribution >= 4 is 22.2 Å². The van der Waals surface area contributed by atoms with Gasteiger partial charge in [-0.2, -0.15) is 0 Å². The van der Waals surface area contributed by atoms with Gasteiger partial charge in [0, 0.05) is 41.4 Å². The van der Waals surface area contributed by atoms with Gasteiger partial charge in [0.25, 0.3) is 5.91 Å². The third-order valence-corrected chi connectivity index (χ3v) is 6.39. The number of aryl methyl sites for hydroxylation is 1. The van der Waals surface area contributed by atoms with E-state index in [2.05, 4.69) is 47.2 Å². The number of carbonyl (C=O) groups excluding carboxylic acids is 1. The van der Waals surface area contributed by atoms with Crippen LogP contribution in [0.25, 0.3) is 16.2 Å². The molecule has 0 fully saturated rings. The lowest BCUT2D eigenvalue weighted by Gasteiger charge is -2.21. The van der Waals surface area contributed by atoms with Crippen molar-refractivity contribution in [2.75, 3.05) is 6.54 Å². The summed E-state index contributed by atoms with van der Waals surface area (Å²) in [7, 11) is 0. The third kappa shape index (κ3) is 4.22. The van der Waals surface area contributed by atoms with E-state index in [1.807, 2.05) is 47.4 Å². The minimum Gasteiger partial charge on any atom is -0.467 e. The lowest BCUT2D eigenvalue weighted by atomic mass is 10.1. The van der Waals surface area contributed by atoms with Crippen molar-refractivity contribution in [1.82, 2.24) is 14.3 Å². The second-order valence-corrected chi connectivity index (χ2v) is 8.63. The number of nitrogens with zero attached hydrogens (tertiary/aromatic N) is 3. The van der Waals surface area contributed by atoms with Crippen LogP contribution in [-0.4, -0.2) is 26.7 Å². The molecule has 6 heteroatoms. The number of hydrogen-bond donors (Lipinski definition) is 0. The first-order chi connectivity index (χ1) is 15.7. The number of imidazole rings is 1. The summed E-state index contributed by atoms with van der Waals surface area (Å²) in [5.41, 5.74) is 5.12. The largest absolute Gasteiger partial charge is 0.467 e. The molecule has 5 aromatic rings. The van der Waals surface area contributed by atoms with Gasteiger partial charge >= 0.3 is 0 Å². The monoisotopic (exact) mass is 441 g/mol. The van der Waals surface area contributed by atoms with Gasteiger partial charge < -0.3 is 9.32 Å². The van der Waals surface area contributed by atoms with E-state index in [0.29, 0.717) is 18.7 Å². The molecule has 0 atom stereocenters. The summed E-state index contributed by atoms with van der Waals surface area (Å²) in [6.07, 6.45) is 4.45. The Morgan fingerprint density at radius 3 is 2.62 bits per heavy atom. The van der Waals surface area contributed by atoms with E-state index < -0.39 is 0 Å². The Labute approximate surface area is 190 Å². The molecular weight excluding hydrogens is 418 g/mol. The SMILES string of the molecule is Cc1ccc(-c2cn3c(CCN(Cc4ccco4)C(=O)c4ccccc4)csc3n2)cc1. The molecule has 0 unspecified atom stereocenters. The lowest BCUT2D eigenvalue weighted by molar-refractivity contribution is 0.0733. The van der Waals surface area contributed by atoms with Crippen LogP contribution in [0.5, 0.6) is 0 Å². The molecule has 0 N–H and O–H groups in total. The zero-order valence-corrected chi connectivity index (χ0v) is 18.6. The van der Waals surface area contributed by atoms with Gasteiger partial charge in [-0.15, -0.1) is 11.3 Å². The predicted molar refractivity (Wildman–Crippen MR) is 127 cm³/mol. The van der Waals surface area contributed by atoms with Crippen molar-refractivity contribution in [2.45, 2.75) is 19.9 Å². The van der Waals surface area contributed by atoms with E-state index in [1.165, 1.54) is 5.56 Å². The van der Waals surface area contributed by atoms with E-state index in [0.717, 1.165) is 34.1 Å². The average molecular weight is 442 g/mol. The fraction of sp³-hybridized carbons (Fsp3) is 0.154. The summed E-state index contributed by atoms with van der Waals surface area (Å²) >= 11 is 1.62. The van der Waals surface area contributed by atoms with Crippen LogP contribution in [0.1, 0.15) is 27.4 Å². The van der Waals surface area contributed by atoms with Gasteiger partial charge in [-0.1, -0.05) is 48.0 Å². The van der Waals surface area contributed by atoms with E-state index >= 15 is 0 Å². The minimum absolute atomic E-state index is 0.000510. The topological polar surface area (TPSA) is 50.8 Å². The quantitative estimate of drug-likeness (QED) is 0.318. The van der Waals surface area contributed by atoms with E-state index in [1.54, 1.807) is 17.6 Å². The van der Waals surface area contributed by atoms with E-state index in [-0.39, 0.29) is 5.91 Å². The maximum absolute atomic E-state index is 13.2. The fourth-order valence-electron chi connectivity index (χ4n) is 3.73. The number of fused-ring (bicyclic) bond motifs is 1. The second kappa shape index (κ2) is 8.85. The number of rotatable bonds is 7. The Kier molecular flexibility index (Phi) is 5.60. The molecule has 0 bridgehead atoms.